The Labute approximate surface area is 203 Å². The lowest BCUT2D eigenvalue weighted by molar-refractivity contribution is -0.123. The molecule has 0 aliphatic heterocycles. The zero-order chi connectivity index (χ0) is 23.2. The van der Waals surface area contributed by atoms with Crippen molar-refractivity contribution in [2.45, 2.75) is 63.2 Å². The normalized spacial score (nSPS) is 28.9. The van der Waals surface area contributed by atoms with Crippen LogP contribution in [0.2, 0.25) is 5.02 Å². The van der Waals surface area contributed by atoms with Gasteiger partial charge in [-0.1, -0.05) is 23.4 Å². The van der Waals surface area contributed by atoms with Crippen molar-refractivity contribution in [3.8, 4) is 0 Å². The molecule has 4 aliphatic rings. The lowest BCUT2D eigenvalue weighted by atomic mass is 9.48. The quantitative estimate of drug-likeness (QED) is 0.436. The monoisotopic (exact) mass is 489 g/mol. The molecule has 1 amide bonds. The molecule has 0 spiro atoms. The van der Waals surface area contributed by atoms with Crippen LogP contribution in [0.1, 0.15) is 45.4 Å². The highest BCUT2D eigenvalue weighted by molar-refractivity contribution is 7.99. The number of halogens is 1. The zero-order valence-electron chi connectivity index (χ0n) is 19.3. The number of methoxy groups -OCH3 is 1. The number of nitrogens with one attached hydrogen (secondary N) is 1. The third-order valence-electron chi connectivity index (χ3n) is 8.12. The number of benzene rings is 1. The van der Waals surface area contributed by atoms with Crippen LogP contribution in [-0.4, -0.2) is 41.0 Å². The summed E-state index contributed by atoms with van der Waals surface area (Å²) in [6, 6.07) is 5.26. The van der Waals surface area contributed by atoms with Crippen LogP contribution in [-0.2, 0) is 16.1 Å². The number of thioether (sulfide) groups is 1. The van der Waals surface area contributed by atoms with Crippen molar-refractivity contribution in [1.29, 1.82) is 0 Å². The van der Waals surface area contributed by atoms with E-state index in [1.807, 2.05) is 0 Å². The molecule has 6 rings (SSSR count). The molecule has 6 nitrogen and oxygen atoms in total. The summed E-state index contributed by atoms with van der Waals surface area (Å²) in [5, 5.41) is 4.87. The maximum absolute atomic E-state index is 13.1. The molecule has 0 saturated heterocycles. The fourth-order valence-electron chi connectivity index (χ4n) is 6.94. The Hall–Kier alpha value is -1.57. The summed E-state index contributed by atoms with van der Waals surface area (Å²) in [6.45, 7) is 2.97. The molecular formula is C25H32ClN3O3S. The number of nitrogens with zero attached hydrogens (tertiary/aromatic N) is 2. The second kappa shape index (κ2) is 9.23. The van der Waals surface area contributed by atoms with Crippen molar-refractivity contribution < 1.29 is 9.53 Å². The molecule has 4 bridgehead atoms. The van der Waals surface area contributed by atoms with E-state index >= 15 is 0 Å². The van der Waals surface area contributed by atoms with E-state index in [-0.39, 0.29) is 28.7 Å². The number of carbonyl (C=O) groups excluding carboxylic acids is 1. The van der Waals surface area contributed by atoms with Gasteiger partial charge >= 0.3 is 0 Å². The number of hydrogen-bond donors (Lipinski definition) is 1. The SMILES string of the molecule is COCCn1c(SCC(=O)N[C@@H](C)C23CC4CC(CC(C4)C2)C3)nc2cc(Cl)ccc2c1=O. The minimum atomic E-state index is -0.140. The average Bonchev–Trinajstić information content (AvgIpc) is 2.76. The van der Waals surface area contributed by atoms with Gasteiger partial charge < -0.3 is 10.1 Å². The molecule has 8 heteroatoms. The molecule has 1 heterocycles. The smallest absolute Gasteiger partial charge is 0.262 e. The van der Waals surface area contributed by atoms with Crippen LogP contribution >= 0.6 is 23.4 Å². The van der Waals surface area contributed by atoms with Crippen LogP contribution < -0.4 is 10.9 Å². The second-order valence-corrected chi connectivity index (χ2v) is 11.7. The van der Waals surface area contributed by atoms with E-state index in [1.165, 1.54) is 50.3 Å². The van der Waals surface area contributed by atoms with E-state index in [0.717, 1.165) is 17.8 Å². The lowest BCUT2D eigenvalue weighted by Gasteiger charge is -2.59. The van der Waals surface area contributed by atoms with Gasteiger partial charge in [-0.3, -0.25) is 14.2 Å². The molecule has 33 heavy (non-hydrogen) atoms. The molecule has 0 radical (unpaired) electrons. The van der Waals surface area contributed by atoms with Crippen LogP contribution in [0.25, 0.3) is 10.9 Å². The Balaban J connectivity index is 1.30. The van der Waals surface area contributed by atoms with Crippen LogP contribution in [0.3, 0.4) is 0 Å². The first-order valence-corrected chi connectivity index (χ1v) is 13.3. The fraction of sp³-hybridized carbons (Fsp3) is 0.640. The van der Waals surface area contributed by atoms with Crippen molar-refractivity contribution >= 4 is 40.2 Å². The van der Waals surface area contributed by atoms with E-state index in [2.05, 4.69) is 17.2 Å². The Bertz CT molecular complexity index is 1080. The highest BCUT2D eigenvalue weighted by Crippen LogP contribution is 2.61. The van der Waals surface area contributed by atoms with E-state index in [9.17, 15) is 9.59 Å². The minimum Gasteiger partial charge on any atom is -0.383 e. The predicted molar refractivity (Wildman–Crippen MR) is 132 cm³/mol. The summed E-state index contributed by atoms with van der Waals surface area (Å²) in [7, 11) is 1.60. The zero-order valence-corrected chi connectivity index (χ0v) is 20.9. The number of hydrogen-bond acceptors (Lipinski definition) is 5. The molecule has 4 fully saturated rings. The lowest BCUT2D eigenvalue weighted by Crippen LogP contribution is -2.56. The van der Waals surface area contributed by atoms with Crippen molar-refractivity contribution in [3.05, 3.63) is 33.6 Å². The average molecular weight is 490 g/mol. The van der Waals surface area contributed by atoms with Gasteiger partial charge in [0, 0.05) is 18.2 Å². The largest absolute Gasteiger partial charge is 0.383 e. The molecule has 178 valence electrons. The Morgan fingerprint density at radius 3 is 2.58 bits per heavy atom. The van der Waals surface area contributed by atoms with Crippen molar-refractivity contribution in [2.24, 2.45) is 23.2 Å². The number of fused-ring (bicyclic) bond motifs is 1. The molecule has 1 N–H and O–H groups in total. The molecule has 1 atom stereocenters. The van der Waals surface area contributed by atoms with Gasteiger partial charge in [0.1, 0.15) is 0 Å². The summed E-state index contributed by atoms with van der Waals surface area (Å²) in [5.41, 5.74) is 0.678. The van der Waals surface area contributed by atoms with Gasteiger partial charge in [-0.25, -0.2) is 4.98 Å². The van der Waals surface area contributed by atoms with E-state index in [0.29, 0.717) is 34.2 Å². The van der Waals surface area contributed by atoms with E-state index < -0.39 is 0 Å². The Morgan fingerprint density at radius 1 is 1.27 bits per heavy atom. The minimum absolute atomic E-state index is 0.00183. The number of amides is 1. The summed E-state index contributed by atoms with van der Waals surface area (Å²) >= 11 is 7.42. The fourth-order valence-corrected chi connectivity index (χ4v) is 7.94. The van der Waals surface area contributed by atoms with Crippen molar-refractivity contribution in [3.63, 3.8) is 0 Å². The van der Waals surface area contributed by atoms with Gasteiger partial charge in [-0.15, -0.1) is 0 Å². The van der Waals surface area contributed by atoms with Gasteiger partial charge in [0.05, 0.1) is 29.8 Å². The maximum atomic E-state index is 13.1. The summed E-state index contributed by atoms with van der Waals surface area (Å²) in [5.74, 6) is 2.79. The first-order valence-electron chi connectivity index (χ1n) is 12.0. The topological polar surface area (TPSA) is 73.2 Å². The number of rotatable bonds is 8. The van der Waals surface area contributed by atoms with Gasteiger partial charge in [0.2, 0.25) is 5.91 Å². The summed E-state index contributed by atoms with van der Waals surface area (Å²) < 4.78 is 6.78. The molecule has 1 aromatic heterocycles. The number of carbonyl (C=O) groups is 1. The third-order valence-corrected chi connectivity index (χ3v) is 9.33. The first kappa shape index (κ1) is 23.2. The van der Waals surface area contributed by atoms with E-state index in [1.54, 1.807) is 29.9 Å². The third kappa shape index (κ3) is 4.56. The standard InChI is InChI=1S/C25H32ClN3O3S/c1-15(25-11-16-7-17(12-25)9-18(8-16)13-25)27-22(30)14-33-24-28-21-10-19(26)3-4-20(21)23(31)29(24)5-6-32-2/h3-4,10,15-18H,5-9,11-14H2,1-2H3,(H,27,30)/t15-,16?,17?,18?,25?/m0/s1. The molecule has 2 aromatic rings. The van der Waals surface area contributed by atoms with Gasteiger partial charge in [0.15, 0.2) is 5.16 Å². The van der Waals surface area contributed by atoms with Crippen molar-refractivity contribution in [1.82, 2.24) is 14.9 Å². The molecule has 0 unspecified atom stereocenters. The summed E-state index contributed by atoms with van der Waals surface area (Å²) in [4.78, 5) is 30.7. The van der Waals surface area contributed by atoms with Crippen LogP contribution in [0.4, 0.5) is 0 Å². The molecular weight excluding hydrogens is 458 g/mol. The highest BCUT2D eigenvalue weighted by Gasteiger charge is 2.53. The molecule has 1 aromatic carbocycles. The van der Waals surface area contributed by atoms with Crippen LogP contribution in [0, 0.1) is 23.2 Å². The number of ether oxygens (including phenoxy) is 1. The summed E-state index contributed by atoms with van der Waals surface area (Å²) in [6.07, 6.45) is 7.97. The highest BCUT2D eigenvalue weighted by atomic mass is 35.5. The first-order chi connectivity index (χ1) is 15.9. The van der Waals surface area contributed by atoms with Gasteiger partial charge in [-0.2, -0.15) is 0 Å². The van der Waals surface area contributed by atoms with Crippen LogP contribution in [0.5, 0.6) is 0 Å². The predicted octanol–water partition coefficient (Wildman–Crippen LogP) is 4.51. The maximum Gasteiger partial charge on any atom is 0.262 e. The van der Waals surface area contributed by atoms with Crippen molar-refractivity contribution in [2.75, 3.05) is 19.5 Å². The Morgan fingerprint density at radius 2 is 1.94 bits per heavy atom. The van der Waals surface area contributed by atoms with E-state index in [4.69, 9.17) is 16.3 Å². The Kier molecular flexibility index (Phi) is 6.49. The molecule has 4 saturated carbocycles. The van der Waals surface area contributed by atoms with Gasteiger partial charge in [-0.05, 0) is 86.8 Å². The molecule has 4 aliphatic carbocycles. The van der Waals surface area contributed by atoms with Gasteiger partial charge in [0.25, 0.3) is 5.56 Å². The van der Waals surface area contributed by atoms with Crippen LogP contribution in [0.15, 0.2) is 28.2 Å². The number of aromatic nitrogens is 2. The second-order valence-electron chi connectivity index (χ2n) is 10.4.